The molecule has 0 heterocycles. The Morgan fingerprint density at radius 1 is 1.25 bits per heavy atom. The highest BCUT2D eigenvalue weighted by Gasteiger charge is 2.16. The zero-order valence-corrected chi connectivity index (χ0v) is 19.2. The summed E-state index contributed by atoms with van der Waals surface area (Å²) in [5.74, 6) is 0.684. The van der Waals surface area contributed by atoms with Crippen LogP contribution in [0.3, 0.4) is 0 Å². The van der Waals surface area contributed by atoms with Gasteiger partial charge in [0.15, 0.2) is 5.96 Å². The summed E-state index contributed by atoms with van der Waals surface area (Å²) >= 11 is 5.16. The van der Waals surface area contributed by atoms with Gasteiger partial charge in [-0.25, -0.2) is 0 Å². The number of amides is 1. The number of nitrogens with one attached hydrogen (secondary N) is 3. The monoisotopic (exact) mass is 528 g/mol. The molecule has 0 radical (unpaired) electrons. The first-order valence-electron chi connectivity index (χ1n) is 7.41. The van der Waals surface area contributed by atoms with E-state index in [1.165, 1.54) is 0 Å². The van der Waals surface area contributed by atoms with Crippen molar-refractivity contribution in [2.75, 3.05) is 31.7 Å². The molecule has 1 rings (SSSR count). The maximum atomic E-state index is 11.9. The zero-order valence-electron chi connectivity index (χ0n) is 14.5. The molecule has 0 bridgehead atoms. The SMILES string of the molecule is CN=C(NCCC(=O)Nc1ccc(Br)cc1)NCC(C)(C)SC.I. The molecule has 0 saturated carbocycles. The number of aliphatic imine (C=N–C) groups is 1. The first-order chi connectivity index (χ1) is 10.9. The highest BCUT2D eigenvalue weighted by atomic mass is 127. The second-order valence-corrected chi connectivity index (χ2v) is 8.05. The van der Waals surface area contributed by atoms with Crippen molar-refractivity contribution in [3.63, 3.8) is 0 Å². The van der Waals surface area contributed by atoms with E-state index in [4.69, 9.17) is 0 Å². The van der Waals surface area contributed by atoms with Gasteiger partial charge in [0.1, 0.15) is 0 Å². The van der Waals surface area contributed by atoms with E-state index in [0.717, 1.165) is 16.7 Å². The topological polar surface area (TPSA) is 65.5 Å². The summed E-state index contributed by atoms with van der Waals surface area (Å²) in [4.78, 5) is 16.1. The molecule has 0 unspecified atom stereocenters. The van der Waals surface area contributed by atoms with Gasteiger partial charge in [-0.1, -0.05) is 15.9 Å². The molecule has 0 aliphatic carbocycles. The number of anilines is 1. The van der Waals surface area contributed by atoms with Crippen LogP contribution in [0.2, 0.25) is 0 Å². The summed E-state index contributed by atoms with van der Waals surface area (Å²) in [6, 6.07) is 7.51. The molecule has 0 spiro atoms. The van der Waals surface area contributed by atoms with Crippen LogP contribution in [0.15, 0.2) is 33.7 Å². The van der Waals surface area contributed by atoms with Crippen molar-refractivity contribution < 1.29 is 4.79 Å². The van der Waals surface area contributed by atoms with Crippen LogP contribution in [0, 0.1) is 0 Å². The number of carbonyl (C=O) groups is 1. The second-order valence-electron chi connectivity index (χ2n) is 5.62. The summed E-state index contributed by atoms with van der Waals surface area (Å²) in [6.07, 6.45) is 2.47. The Labute approximate surface area is 174 Å². The molecule has 0 aliphatic heterocycles. The summed E-state index contributed by atoms with van der Waals surface area (Å²) < 4.78 is 1.12. The highest BCUT2D eigenvalue weighted by Crippen LogP contribution is 2.19. The number of carbonyl (C=O) groups excluding carboxylic acids is 1. The molecule has 136 valence electrons. The zero-order chi connectivity index (χ0) is 17.3. The lowest BCUT2D eigenvalue weighted by Crippen LogP contribution is -2.44. The van der Waals surface area contributed by atoms with Crippen molar-refractivity contribution in [2.24, 2.45) is 4.99 Å². The smallest absolute Gasteiger partial charge is 0.226 e. The van der Waals surface area contributed by atoms with Crippen LogP contribution in [-0.4, -0.2) is 43.0 Å². The maximum Gasteiger partial charge on any atom is 0.226 e. The largest absolute Gasteiger partial charge is 0.356 e. The second kappa shape index (κ2) is 12.0. The van der Waals surface area contributed by atoms with Gasteiger partial charge in [0, 0.05) is 41.5 Å². The van der Waals surface area contributed by atoms with Crippen molar-refractivity contribution in [2.45, 2.75) is 25.0 Å². The molecule has 1 aromatic rings. The van der Waals surface area contributed by atoms with Gasteiger partial charge < -0.3 is 16.0 Å². The molecular weight excluding hydrogens is 503 g/mol. The Kier molecular flexibility index (Phi) is 11.7. The van der Waals surface area contributed by atoms with Gasteiger partial charge in [0.2, 0.25) is 5.91 Å². The van der Waals surface area contributed by atoms with E-state index in [0.29, 0.717) is 18.9 Å². The summed E-state index contributed by atoms with van der Waals surface area (Å²) in [7, 11) is 1.73. The average molecular weight is 529 g/mol. The predicted molar refractivity (Wildman–Crippen MR) is 120 cm³/mol. The molecular formula is C16H26BrIN4OS. The number of benzene rings is 1. The van der Waals surface area contributed by atoms with Gasteiger partial charge in [-0.05, 0) is 44.4 Å². The normalized spacial score (nSPS) is 11.5. The minimum absolute atomic E-state index is 0. The number of nitrogens with zero attached hydrogens (tertiary/aromatic N) is 1. The number of halogens is 2. The van der Waals surface area contributed by atoms with Crippen molar-refractivity contribution >= 4 is 69.2 Å². The molecule has 8 heteroatoms. The molecule has 24 heavy (non-hydrogen) atoms. The Bertz CT molecular complexity index is 537. The van der Waals surface area contributed by atoms with Crippen molar-refractivity contribution in [3.8, 4) is 0 Å². The summed E-state index contributed by atoms with van der Waals surface area (Å²) in [5, 5.41) is 9.29. The highest BCUT2D eigenvalue weighted by molar-refractivity contribution is 14.0. The van der Waals surface area contributed by atoms with Gasteiger partial charge in [0.25, 0.3) is 0 Å². The number of rotatable bonds is 7. The summed E-state index contributed by atoms with van der Waals surface area (Å²) in [6.45, 7) is 5.67. The molecule has 3 N–H and O–H groups in total. The van der Waals surface area contributed by atoms with E-state index in [1.807, 2.05) is 24.3 Å². The predicted octanol–water partition coefficient (Wildman–Crippen LogP) is 3.70. The third-order valence-electron chi connectivity index (χ3n) is 3.23. The van der Waals surface area contributed by atoms with Crippen molar-refractivity contribution in [1.82, 2.24) is 10.6 Å². The molecule has 0 saturated heterocycles. The third-order valence-corrected chi connectivity index (χ3v) is 5.01. The van der Waals surface area contributed by atoms with Gasteiger partial charge in [0.05, 0.1) is 0 Å². The summed E-state index contributed by atoms with van der Waals surface area (Å²) in [5.41, 5.74) is 0.794. The van der Waals surface area contributed by atoms with Gasteiger partial charge in [-0.15, -0.1) is 24.0 Å². The van der Waals surface area contributed by atoms with E-state index in [-0.39, 0.29) is 34.6 Å². The molecule has 5 nitrogen and oxygen atoms in total. The van der Waals surface area contributed by atoms with Crippen LogP contribution in [0.25, 0.3) is 0 Å². The maximum absolute atomic E-state index is 11.9. The Morgan fingerprint density at radius 3 is 2.42 bits per heavy atom. The molecule has 0 fully saturated rings. The lowest BCUT2D eigenvalue weighted by atomic mass is 10.2. The molecule has 1 aromatic carbocycles. The van der Waals surface area contributed by atoms with Gasteiger partial charge in [-0.3, -0.25) is 9.79 Å². The number of guanidine groups is 1. The molecule has 0 aliphatic rings. The lowest BCUT2D eigenvalue weighted by Gasteiger charge is -2.23. The van der Waals surface area contributed by atoms with Crippen LogP contribution in [-0.2, 0) is 4.79 Å². The van der Waals surface area contributed by atoms with Crippen LogP contribution in [0.5, 0.6) is 0 Å². The van der Waals surface area contributed by atoms with Crippen LogP contribution in [0.4, 0.5) is 5.69 Å². The standard InChI is InChI=1S/C16H25BrN4OS.HI/c1-16(2,23-4)11-20-15(18-3)19-10-9-14(22)21-13-7-5-12(17)6-8-13;/h5-8H,9-11H2,1-4H3,(H,21,22)(H2,18,19,20);1H. The van der Waals surface area contributed by atoms with Crippen LogP contribution < -0.4 is 16.0 Å². The Hall–Kier alpha value is -0.480. The fraction of sp³-hybridized carbons (Fsp3) is 0.500. The fourth-order valence-corrected chi connectivity index (χ4v) is 2.12. The Morgan fingerprint density at radius 2 is 1.88 bits per heavy atom. The lowest BCUT2D eigenvalue weighted by molar-refractivity contribution is -0.116. The van der Waals surface area contributed by atoms with E-state index in [9.17, 15) is 4.79 Å². The minimum Gasteiger partial charge on any atom is -0.356 e. The van der Waals surface area contributed by atoms with E-state index in [2.05, 4.69) is 57.0 Å². The van der Waals surface area contributed by atoms with E-state index >= 15 is 0 Å². The first kappa shape index (κ1) is 23.5. The molecule has 0 aromatic heterocycles. The fourth-order valence-electron chi connectivity index (χ4n) is 1.64. The number of hydrogen-bond donors (Lipinski definition) is 3. The van der Waals surface area contributed by atoms with E-state index < -0.39 is 0 Å². The van der Waals surface area contributed by atoms with Crippen molar-refractivity contribution in [1.29, 1.82) is 0 Å². The minimum atomic E-state index is -0.0280. The average Bonchev–Trinajstić information content (AvgIpc) is 2.53. The Balaban J connectivity index is 0.00000529. The quantitative estimate of drug-likeness (QED) is 0.287. The number of hydrogen-bond acceptors (Lipinski definition) is 3. The molecule has 1 amide bonds. The van der Waals surface area contributed by atoms with E-state index in [1.54, 1.807) is 18.8 Å². The van der Waals surface area contributed by atoms with Gasteiger partial charge in [-0.2, -0.15) is 11.8 Å². The number of thioether (sulfide) groups is 1. The van der Waals surface area contributed by atoms with Gasteiger partial charge >= 0.3 is 0 Å². The third kappa shape index (κ3) is 9.73. The van der Waals surface area contributed by atoms with Crippen LogP contribution in [0.1, 0.15) is 20.3 Å². The molecule has 0 atom stereocenters. The van der Waals surface area contributed by atoms with Crippen LogP contribution >= 0.6 is 51.7 Å². The first-order valence-corrected chi connectivity index (χ1v) is 9.43. The van der Waals surface area contributed by atoms with Crippen molar-refractivity contribution in [3.05, 3.63) is 28.7 Å².